The van der Waals surface area contributed by atoms with Gasteiger partial charge in [-0.2, -0.15) is 13.2 Å². The normalized spacial score (nSPS) is 12.8. The first-order valence-electron chi connectivity index (χ1n) is 3.76. The lowest BCUT2D eigenvalue weighted by Gasteiger charge is -2.07. The standard InChI is InChI=1S/C8H6F3IO2S/c9-8(10,11)5-15(13,14)7-3-1-2-6(12)4-7/h1-4H,5H2. The number of benzene rings is 1. The summed E-state index contributed by atoms with van der Waals surface area (Å²) < 4.78 is 59.0. The summed E-state index contributed by atoms with van der Waals surface area (Å²) in [5, 5.41) is 0. The molecule has 15 heavy (non-hydrogen) atoms. The molecule has 0 fully saturated rings. The lowest BCUT2D eigenvalue weighted by Crippen LogP contribution is -2.22. The molecule has 0 spiro atoms. The zero-order valence-corrected chi connectivity index (χ0v) is 10.2. The molecule has 0 N–H and O–H groups in total. The predicted octanol–water partition coefficient (Wildman–Crippen LogP) is 2.63. The second kappa shape index (κ2) is 4.28. The van der Waals surface area contributed by atoms with Gasteiger partial charge in [-0.05, 0) is 40.8 Å². The Kier molecular flexibility index (Phi) is 3.64. The average molecular weight is 350 g/mol. The Morgan fingerprint density at radius 3 is 2.33 bits per heavy atom. The highest BCUT2D eigenvalue weighted by Gasteiger charge is 2.35. The first-order chi connectivity index (χ1) is 6.71. The van der Waals surface area contributed by atoms with Gasteiger partial charge in [0.05, 0.1) is 4.90 Å². The van der Waals surface area contributed by atoms with E-state index in [4.69, 9.17) is 0 Å². The molecule has 0 radical (unpaired) electrons. The summed E-state index contributed by atoms with van der Waals surface area (Å²) in [6.07, 6.45) is -4.71. The summed E-state index contributed by atoms with van der Waals surface area (Å²) in [5.41, 5.74) is 0. The summed E-state index contributed by atoms with van der Waals surface area (Å²) >= 11 is 1.84. The highest BCUT2D eigenvalue weighted by molar-refractivity contribution is 14.1. The third-order valence-corrected chi connectivity index (χ3v) is 3.86. The van der Waals surface area contributed by atoms with Crippen LogP contribution in [-0.2, 0) is 9.84 Å². The predicted molar refractivity (Wildman–Crippen MR) is 57.3 cm³/mol. The summed E-state index contributed by atoms with van der Waals surface area (Å²) in [6, 6.07) is 5.38. The van der Waals surface area contributed by atoms with Crippen LogP contribution in [0.3, 0.4) is 0 Å². The van der Waals surface area contributed by atoms with Crippen LogP contribution < -0.4 is 0 Å². The molecule has 0 amide bonds. The average Bonchev–Trinajstić information content (AvgIpc) is 1.99. The van der Waals surface area contributed by atoms with Gasteiger partial charge in [-0.15, -0.1) is 0 Å². The molecule has 0 unspecified atom stereocenters. The minimum atomic E-state index is -4.71. The van der Waals surface area contributed by atoms with E-state index >= 15 is 0 Å². The lowest BCUT2D eigenvalue weighted by atomic mass is 10.4. The van der Waals surface area contributed by atoms with Crippen molar-refractivity contribution < 1.29 is 21.6 Å². The second-order valence-electron chi connectivity index (χ2n) is 2.83. The van der Waals surface area contributed by atoms with Gasteiger partial charge in [-0.25, -0.2) is 8.42 Å². The van der Waals surface area contributed by atoms with Crippen molar-refractivity contribution in [1.82, 2.24) is 0 Å². The lowest BCUT2D eigenvalue weighted by molar-refractivity contribution is -0.106. The van der Waals surface area contributed by atoms with Crippen molar-refractivity contribution in [3.63, 3.8) is 0 Å². The number of hydrogen-bond acceptors (Lipinski definition) is 2. The van der Waals surface area contributed by atoms with Crippen molar-refractivity contribution in [2.75, 3.05) is 5.75 Å². The summed E-state index contributed by atoms with van der Waals surface area (Å²) in [7, 11) is -4.27. The van der Waals surface area contributed by atoms with Gasteiger partial charge in [-0.3, -0.25) is 0 Å². The Morgan fingerprint density at radius 2 is 1.87 bits per heavy atom. The molecule has 7 heteroatoms. The van der Waals surface area contributed by atoms with Gasteiger partial charge in [0.25, 0.3) is 0 Å². The highest BCUT2D eigenvalue weighted by Crippen LogP contribution is 2.23. The molecule has 1 aromatic rings. The Morgan fingerprint density at radius 1 is 1.27 bits per heavy atom. The van der Waals surface area contributed by atoms with Gasteiger partial charge >= 0.3 is 6.18 Å². The molecule has 0 saturated carbocycles. The fourth-order valence-electron chi connectivity index (χ4n) is 0.959. The van der Waals surface area contributed by atoms with Gasteiger partial charge in [0.1, 0.15) is 0 Å². The fourth-order valence-corrected chi connectivity index (χ4v) is 2.90. The fraction of sp³-hybridized carbons (Fsp3) is 0.250. The van der Waals surface area contributed by atoms with Crippen molar-refractivity contribution in [3.8, 4) is 0 Å². The van der Waals surface area contributed by atoms with Gasteiger partial charge in [-0.1, -0.05) is 6.07 Å². The van der Waals surface area contributed by atoms with E-state index in [0.717, 1.165) is 6.07 Å². The van der Waals surface area contributed by atoms with E-state index in [1.54, 1.807) is 6.07 Å². The highest BCUT2D eigenvalue weighted by atomic mass is 127. The first kappa shape index (κ1) is 12.8. The molecule has 0 saturated heterocycles. The van der Waals surface area contributed by atoms with Crippen molar-refractivity contribution in [2.45, 2.75) is 11.1 Å². The van der Waals surface area contributed by atoms with Crippen LogP contribution in [0.2, 0.25) is 0 Å². The number of sulfone groups is 1. The second-order valence-corrected chi connectivity index (χ2v) is 6.07. The zero-order chi connectivity index (χ0) is 11.7. The maximum absolute atomic E-state index is 12.0. The summed E-state index contributed by atoms with van der Waals surface area (Å²) in [4.78, 5) is -0.299. The molecule has 0 heterocycles. The molecular formula is C8H6F3IO2S. The summed E-state index contributed by atoms with van der Waals surface area (Å²) in [6.45, 7) is 0. The third kappa shape index (κ3) is 3.98. The van der Waals surface area contributed by atoms with Gasteiger partial charge in [0.15, 0.2) is 15.6 Å². The topological polar surface area (TPSA) is 34.1 Å². The number of rotatable bonds is 2. The van der Waals surface area contributed by atoms with E-state index in [2.05, 4.69) is 0 Å². The third-order valence-electron chi connectivity index (χ3n) is 1.51. The first-order valence-corrected chi connectivity index (χ1v) is 6.49. The number of alkyl halides is 3. The molecule has 84 valence electrons. The molecule has 1 aromatic carbocycles. The molecule has 0 aliphatic carbocycles. The van der Waals surface area contributed by atoms with Crippen LogP contribution in [0.15, 0.2) is 29.2 Å². The quantitative estimate of drug-likeness (QED) is 0.769. The van der Waals surface area contributed by atoms with Gasteiger partial charge in [0.2, 0.25) is 0 Å². The number of hydrogen-bond donors (Lipinski definition) is 0. The van der Waals surface area contributed by atoms with Crippen molar-refractivity contribution in [2.24, 2.45) is 0 Å². The maximum atomic E-state index is 12.0. The van der Waals surface area contributed by atoms with Crippen LogP contribution in [-0.4, -0.2) is 20.3 Å². The van der Waals surface area contributed by atoms with Crippen LogP contribution in [0.25, 0.3) is 0 Å². The van der Waals surface area contributed by atoms with E-state index in [1.165, 1.54) is 12.1 Å². The van der Waals surface area contributed by atoms with Gasteiger partial charge < -0.3 is 0 Å². The van der Waals surface area contributed by atoms with Crippen LogP contribution >= 0.6 is 22.6 Å². The van der Waals surface area contributed by atoms with E-state index < -0.39 is 21.8 Å². The molecule has 0 aromatic heterocycles. The molecule has 0 atom stereocenters. The molecule has 0 aliphatic rings. The maximum Gasteiger partial charge on any atom is 0.403 e. The Balaban J connectivity index is 3.07. The van der Waals surface area contributed by atoms with E-state index in [0.29, 0.717) is 3.57 Å². The van der Waals surface area contributed by atoms with Crippen LogP contribution in [0.4, 0.5) is 13.2 Å². The Bertz CT molecular complexity index is 453. The SMILES string of the molecule is O=S(=O)(CC(F)(F)F)c1cccc(I)c1. The monoisotopic (exact) mass is 350 g/mol. The molecular weight excluding hydrogens is 344 g/mol. The smallest absolute Gasteiger partial charge is 0.223 e. The van der Waals surface area contributed by atoms with Crippen molar-refractivity contribution in [1.29, 1.82) is 0 Å². The van der Waals surface area contributed by atoms with Crippen LogP contribution in [0.1, 0.15) is 0 Å². The van der Waals surface area contributed by atoms with E-state index in [1.807, 2.05) is 22.6 Å². The van der Waals surface area contributed by atoms with E-state index in [9.17, 15) is 21.6 Å². The molecule has 1 rings (SSSR count). The van der Waals surface area contributed by atoms with E-state index in [-0.39, 0.29) is 4.90 Å². The molecule has 0 aliphatic heterocycles. The largest absolute Gasteiger partial charge is 0.403 e. The minimum absolute atomic E-state index is 0.299. The van der Waals surface area contributed by atoms with Crippen molar-refractivity contribution in [3.05, 3.63) is 27.8 Å². The minimum Gasteiger partial charge on any atom is -0.223 e. The Labute approximate surface area is 98.5 Å². The van der Waals surface area contributed by atoms with Crippen LogP contribution in [0, 0.1) is 3.57 Å². The van der Waals surface area contributed by atoms with Crippen LogP contribution in [0.5, 0.6) is 0 Å². The Hall–Kier alpha value is -0.310. The van der Waals surface area contributed by atoms with Crippen molar-refractivity contribution >= 4 is 32.4 Å². The van der Waals surface area contributed by atoms with Gasteiger partial charge in [0, 0.05) is 3.57 Å². The summed E-state index contributed by atoms with van der Waals surface area (Å²) in [5.74, 6) is -1.82. The molecule has 0 bridgehead atoms. The molecule has 2 nitrogen and oxygen atoms in total. The number of halogens is 4. The zero-order valence-electron chi connectivity index (χ0n) is 7.25.